The van der Waals surface area contributed by atoms with Gasteiger partial charge in [0.25, 0.3) is 8.00 Å². The second kappa shape index (κ2) is 5.17. The molecule has 1 unspecified atom stereocenters. The first-order valence-electron chi connectivity index (χ1n) is 7.84. The first-order valence-corrected chi connectivity index (χ1v) is 9.02. The van der Waals surface area contributed by atoms with E-state index in [-0.39, 0.29) is 0 Å². The third-order valence-corrected chi connectivity index (χ3v) is 5.65. The molecule has 2 nitrogen and oxygen atoms in total. The monoisotopic (exact) mass is 328 g/mol. The minimum Gasteiger partial charge on any atom is -0.594 e. The van der Waals surface area contributed by atoms with Crippen molar-refractivity contribution in [3.63, 3.8) is 0 Å². The lowest BCUT2D eigenvalue weighted by molar-refractivity contribution is -0.168. The van der Waals surface area contributed by atoms with Gasteiger partial charge in [0, 0.05) is 15.7 Å². The van der Waals surface area contributed by atoms with E-state index in [2.05, 4.69) is 30.3 Å². The Morgan fingerprint density at radius 2 is 1.29 bits per heavy atom. The van der Waals surface area contributed by atoms with Crippen molar-refractivity contribution in [2.45, 2.75) is 0 Å². The van der Waals surface area contributed by atoms with E-state index in [9.17, 15) is 4.89 Å². The highest BCUT2D eigenvalue weighted by Gasteiger charge is 2.11. The smallest absolute Gasteiger partial charge is 0.284 e. The van der Waals surface area contributed by atoms with Crippen LogP contribution in [-0.2, 0) is 4.52 Å². The van der Waals surface area contributed by atoms with E-state index in [0.29, 0.717) is 0 Å². The lowest BCUT2D eigenvalue weighted by Crippen LogP contribution is -2.04. The molecule has 5 rings (SSSR count). The van der Waals surface area contributed by atoms with E-state index >= 15 is 0 Å². The van der Waals surface area contributed by atoms with Crippen molar-refractivity contribution in [1.82, 2.24) is 0 Å². The van der Waals surface area contributed by atoms with Crippen LogP contribution in [0, 0.1) is 15.4 Å². The molecular weight excluding hydrogens is 315 g/mol. The van der Waals surface area contributed by atoms with Gasteiger partial charge in [-0.2, -0.15) is 0 Å². The molecule has 0 aliphatic carbocycles. The quantitative estimate of drug-likeness (QED) is 0.458. The highest BCUT2D eigenvalue weighted by atomic mass is 31.1. The average Bonchev–Trinajstić information content (AvgIpc) is 2.79. The molecule has 0 bridgehead atoms. The zero-order valence-corrected chi connectivity index (χ0v) is 13.7. The summed E-state index contributed by atoms with van der Waals surface area (Å²) in [7, 11) is -1.91. The molecule has 1 aliphatic rings. The average molecular weight is 328 g/mol. The summed E-state index contributed by atoms with van der Waals surface area (Å²) in [4.78, 5) is 13.4. The van der Waals surface area contributed by atoms with Gasteiger partial charge in [-0.05, 0) is 33.7 Å². The fourth-order valence-electron chi connectivity index (χ4n) is 3.50. The van der Waals surface area contributed by atoms with Gasteiger partial charge in [-0.15, -0.1) is 0 Å². The van der Waals surface area contributed by atoms with Crippen molar-refractivity contribution in [2.24, 2.45) is 0 Å². The van der Waals surface area contributed by atoms with Crippen molar-refractivity contribution in [3.05, 3.63) is 93.4 Å². The molecule has 0 fully saturated rings. The Morgan fingerprint density at radius 1 is 0.667 bits per heavy atom. The molecule has 0 amide bonds. The zero-order valence-electron chi connectivity index (χ0n) is 12.8. The maximum atomic E-state index is 12.6. The Kier molecular flexibility index (Phi) is 2.96. The summed E-state index contributed by atoms with van der Waals surface area (Å²) in [5.41, 5.74) is 0. The minimum atomic E-state index is -1.91. The second-order valence-electron chi connectivity index (χ2n) is 5.91. The number of rotatable bonds is 0. The highest BCUT2D eigenvalue weighted by Crippen LogP contribution is 2.28. The summed E-state index contributed by atoms with van der Waals surface area (Å²) < 4.78 is 5.54. The van der Waals surface area contributed by atoms with Crippen molar-refractivity contribution in [1.29, 1.82) is 0 Å². The molecular formula is C21H13O2P. The molecule has 1 heterocycles. The number of benzene rings is 4. The van der Waals surface area contributed by atoms with E-state index in [1.54, 1.807) is 6.26 Å². The van der Waals surface area contributed by atoms with Crippen molar-refractivity contribution in [3.8, 4) is 0 Å². The summed E-state index contributed by atoms with van der Waals surface area (Å²) in [6.45, 7) is 0. The normalized spacial score (nSPS) is 14.5. The fraction of sp³-hybridized carbons (Fsp3) is 0. The SMILES string of the molecule is [O-][P+]1=c2ccc3ccccc3c2=c2c(ccc3ccccc23)=CO1. The van der Waals surface area contributed by atoms with Gasteiger partial charge in [0.2, 0.25) is 0 Å². The van der Waals surface area contributed by atoms with Crippen LogP contribution < -0.4 is 10.1 Å². The molecule has 24 heavy (non-hydrogen) atoms. The summed E-state index contributed by atoms with van der Waals surface area (Å²) >= 11 is 0. The molecule has 0 N–H and O–H groups in total. The molecule has 114 valence electrons. The number of hydrogen-bond donors (Lipinski definition) is 0. The predicted octanol–water partition coefficient (Wildman–Crippen LogP) is 3.97. The van der Waals surface area contributed by atoms with Crippen LogP contribution in [0.1, 0.15) is 0 Å². The molecule has 0 saturated carbocycles. The number of fused-ring (bicyclic) bond motifs is 6. The molecule has 0 saturated heterocycles. The van der Waals surface area contributed by atoms with E-state index in [1.165, 1.54) is 5.39 Å². The van der Waals surface area contributed by atoms with E-state index in [0.717, 1.165) is 36.8 Å². The summed E-state index contributed by atoms with van der Waals surface area (Å²) in [5.74, 6) is 0. The first-order chi connectivity index (χ1) is 11.8. The largest absolute Gasteiger partial charge is 0.594 e. The minimum absolute atomic E-state index is 0.759. The third-order valence-electron chi connectivity index (χ3n) is 4.59. The molecule has 4 aromatic carbocycles. The van der Waals surface area contributed by atoms with Gasteiger partial charge in [0.05, 0.1) is 0 Å². The Hall–Kier alpha value is -2.67. The second-order valence-corrected chi connectivity index (χ2v) is 7.12. The summed E-state index contributed by atoms with van der Waals surface area (Å²) in [6, 6.07) is 24.6. The van der Waals surface area contributed by atoms with Crippen LogP contribution in [0.4, 0.5) is 0 Å². The molecule has 0 spiro atoms. The van der Waals surface area contributed by atoms with Crippen molar-refractivity contribution < 1.29 is 9.42 Å². The van der Waals surface area contributed by atoms with Gasteiger partial charge in [-0.1, -0.05) is 60.7 Å². The van der Waals surface area contributed by atoms with Crippen LogP contribution in [0.5, 0.6) is 0 Å². The third kappa shape index (κ3) is 1.91. The van der Waals surface area contributed by atoms with Crippen LogP contribution in [0.15, 0.2) is 72.8 Å². The molecule has 4 aromatic rings. The molecule has 0 aromatic heterocycles. The molecule has 1 aliphatic heterocycles. The van der Waals surface area contributed by atoms with Gasteiger partial charge in [0.15, 0.2) is 11.2 Å². The van der Waals surface area contributed by atoms with Crippen molar-refractivity contribution >= 4 is 35.8 Å². The Bertz CT molecular complexity index is 1340. The van der Waals surface area contributed by atoms with Gasteiger partial charge in [0.1, 0.15) is 0 Å². The van der Waals surface area contributed by atoms with Gasteiger partial charge >= 0.3 is 0 Å². The van der Waals surface area contributed by atoms with Crippen molar-refractivity contribution in [2.75, 3.05) is 0 Å². The zero-order chi connectivity index (χ0) is 16.1. The van der Waals surface area contributed by atoms with Crippen LogP contribution >= 0.6 is 8.00 Å². The Morgan fingerprint density at radius 3 is 2.04 bits per heavy atom. The maximum absolute atomic E-state index is 12.6. The van der Waals surface area contributed by atoms with Gasteiger partial charge in [-0.25, -0.2) is 0 Å². The standard InChI is InChI=1S/C21H13O2P/c22-24-19-12-11-15-6-2-4-8-18(15)21(19)20-16(13-23-24)10-9-14-5-1-3-7-17(14)20/h1-13H. The lowest BCUT2D eigenvalue weighted by Gasteiger charge is -2.02. The summed E-state index contributed by atoms with van der Waals surface area (Å²) in [5, 5.41) is 7.65. The molecule has 1 atom stereocenters. The lowest BCUT2D eigenvalue weighted by atomic mass is 10.0. The first kappa shape index (κ1) is 13.7. The van der Waals surface area contributed by atoms with E-state index in [4.69, 9.17) is 4.52 Å². The fourth-order valence-corrected chi connectivity index (χ4v) is 4.44. The number of hydrogen-bond acceptors (Lipinski definition) is 2. The van der Waals surface area contributed by atoms with Crippen LogP contribution in [-0.4, -0.2) is 0 Å². The van der Waals surface area contributed by atoms with Gasteiger partial charge in [-0.3, -0.25) is 0 Å². The van der Waals surface area contributed by atoms with Crippen LogP contribution in [0.3, 0.4) is 0 Å². The topological polar surface area (TPSA) is 32.3 Å². The maximum Gasteiger partial charge on any atom is 0.284 e. The Labute approximate surface area is 139 Å². The molecule has 0 radical (unpaired) electrons. The molecule has 3 heteroatoms. The van der Waals surface area contributed by atoms with E-state index in [1.807, 2.05) is 42.5 Å². The van der Waals surface area contributed by atoms with Gasteiger partial charge < -0.3 is 9.42 Å². The van der Waals surface area contributed by atoms with Crippen LogP contribution in [0.25, 0.3) is 27.8 Å². The predicted molar refractivity (Wildman–Crippen MR) is 96.5 cm³/mol. The Balaban J connectivity index is 2.32. The summed E-state index contributed by atoms with van der Waals surface area (Å²) in [6.07, 6.45) is 1.63. The highest BCUT2D eigenvalue weighted by molar-refractivity contribution is 7.36. The van der Waals surface area contributed by atoms with E-state index < -0.39 is 8.00 Å². The van der Waals surface area contributed by atoms with Crippen LogP contribution in [0.2, 0.25) is 0 Å².